The summed E-state index contributed by atoms with van der Waals surface area (Å²) in [6.45, 7) is 2.00. The molecular weight excluding hydrogens is 260 g/mol. The van der Waals surface area contributed by atoms with Gasteiger partial charge in [0.15, 0.2) is 0 Å². The Labute approximate surface area is 123 Å². The van der Waals surface area contributed by atoms with Crippen LogP contribution in [-0.4, -0.2) is 10.9 Å². The molecule has 21 heavy (non-hydrogen) atoms. The molecule has 3 aromatic rings. The van der Waals surface area contributed by atoms with Crippen LogP contribution in [0.3, 0.4) is 0 Å². The summed E-state index contributed by atoms with van der Waals surface area (Å²) in [4.78, 5) is 16.2. The summed E-state index contributed by atoms with van der Waals surface area (Å²) in [7, 11) is 0. The number of hydrogen-bond donors (Lipinski definition) is 1. The Balaban J connectivity index is 1.88. The van der Waals surface area contributed by atoms with E-state index in [2.05, 4.69) is 34.6 Å². The first-order valence-corrected chi connectivity index (χ1v) is 6.94. The average molecular weight is 276 g/mol. The number of hydrogen-bond acceptors (Lipinski definition) is 2. The predicted octanol–water partition coefficient (Wildman–Crippen LogP) is 3.73. The molecule has 3 heteroatoms. The summed E-state index contributed by atoms with van der Waals surface area (Å²) < 4.78 is 0. The molecule has 2 aromatic carbocycles. The first-order valence-electron chi connectivity index (χ1n) is 6.94. The fourth-order valence-electron chi connectivity index (χ4n) is 2.49. The molecule has 3 nitrogen and oxygen atoms in total. The van der Waals surface area contributed by atoms with Gasteiger partial charge in [-0.2, -0.15) is 0 Å². The van der Waals surface area contributed by atoms with Crippen LogP contribution in [0.25, 0.3) is 10.8 Å². The van der Waals surface area contributed by atoms with E-state index < -0.39 is 0 Å². The lowest BCUT2D eigenvalue weighted by atomic mass is 9.99. The number of rotatable bonds is 3. The summed E-state index contributed by atoms with van der Waals surface area (Å²) in [6, 6.07) is 17.7. The van der Waals surface area contributed by atoms with Crippen LogP contribution in [0.5, 0.6) is 0 Å². The second-order valence-corrected chi connectivity index (χ2v) is 5.00. The van der Waals surface area contributed by atoms with Gasteiger partial charge >= 0.3 is 0 Å². The van der Waals surface area contributed by atoms with E-state index in [-0.39, 0.29) is 11.9 Å². The molecule has 104 valence electrons. The average Bonchev–Trinajstić information content (AvgIpc) is 2.55. The van der Waals surface area contributed by atoms with Gasteiger partial charge in [0, 0.05) is 18.0 Å². The van der Waals surface area contributed by atoms with Crippen LogP contribution in [0.4, 0.5) is 0 Å². The molecule has 1 atom stereocenters. The van der Waals surface area contributed by atoms with Crippen molar-refractivity contribution >= 4 is 16.7 Å². The number of fused-ring (bicyclic) bond motifs is 1. The Bertz CT molecular complexity index is 763. The Hall–Kier alpha value is -2.68. The molecule has 1 N–H and O–H groups in total. The summed E-state index contributed by atoms with van der Waals surface area (Å²) in [6.07, 6.45) is 3.25. The van der Waals surface area contributed by atoms with Crippen molar-refractivity contribution in [3.8, 4) is 0 Å². The van der Waals surface area contributed by atoms with Crippen molar-refractivity contribution in [2.24, 2.45) is 0 Å². The van der Waals surface area contributed by atoms with E-state index in [1.807, 2.05) is 25.1 Å². The highest BCUT2D eigenvalue weighted by atomic mass is 16.1. The normalized spacial score (nSPS) is 12.0. The van der Waals surface area contributed by atoms with Crippen molar-refractivity contribution in [3.63, 3.8) is 0 Å². The third-order valence-electron chi connectivity index (χ3n) is 3.58. The largest absolute Gasteiger partial charge is 0.345 e. The molecular formula is C18H16N2O. The van der Waals surface area contributed by atoms with E-state index in [0.29, 0.717) is 5.56 Å². The molecule has 1 heterocycles. The number of carbonyl (C=O) groups is 1. The van der Waals surface area contributed by atoms with Crippen molar-refractivity contribution in [2.75, 3.05) is 0 Å². The van der Waals surface area contributed by atoms with Gasteiger partial charge in [-0.1, -0.05) is 42.5 Å². The van der Waals surface area contributed by atoms with Gasteiger partial charge in [-0.05, 0) is 35.4 Å². The van der Waals surface area contributed by atoms with Gasteiger partial charge in [-0.3, -0.25) is 9.78 Å². The monoisotopic (exact) mass is 276 g/mol. The molecule has 0 aliphatic heterocycles. The zero-order valence-corrected chi connectivity index (χ0v) is 11.8. The Morgan fingerprint density at radius 3 is 2.52 bits per heavy atom. The molecule has 0 saturated heterocycles. The Kier molecular flexibility index (Phi) is 3.65. The molecule has 0 fully saturated rings. The van der Waals surface area contributed by atoms with Gasteiger partial charge in [0.05, 0.1) is 6.04 Å². The summed E-state index contributed by atoms with van der Waals surface area (Å²) in [5, 5.41) is 5.39. The number of nitrogens with zero attached hydrogens (tertiary/aromatic N) is 1. The van der Waals surface area contributed by atoms with E-state index in [9.17, 15) is 4.79 Å². The minimum Gasteiger partial charge on any atom is -0.345 e. The molecule has 0 saturated carbocycles. The van der Waals surface area contributed by atoms with E-state index in [0.717, 1.165) is 5.56 Å². The molecule has 0 aliphatic rings. The molecule has 0 radical (unpaired) electrons. The molecule has 0 bridgehead atoms. The van der Waals surface area contributed by atoms with Crippen LogP contribution in [0.1, 0.15) is 28.9 Å². The number of nitrogens with one attached hydrogen (secondary N) is 1. The number of aromatic nitrogens is 1. The van der Waals surface area contributed by atoms with Gasteiger partial charge in [0.2, 0.25) is 0 Å². The zero-order chi connectivity index (χ0) is 14.7. The number of amides is 1. The van der Waals surface area contributed by atoms with E-state index >= 15 is 0 Å². The van der Waals surface area contributed by atoms with Gasteiger partial charge in [0.25, 0.3) is 5.91 Å². The minimum absolute atomic E-state index is 0.0586. The summed E-state index contributed by atoms with van der Waals surface area (Å²) in [5.41, 5.74) is 1.74. The van der Waals surface area contributed by atoms with E-state index in [1.165, 1.54) is 10.8 Å². The third kappa shape index (κ3) is 2.77. The predicted molar refractivity (Wildman–Crippen MR) is 84.1 cm³/mol. The van der Waals surface area contributed by atoms with Crippen molar-refractivity contribution in [1.29, 1.82) is 0 Å². The lowest BCUT2D eigenvalue weighted by molar-refractivity contribution is 0.0940. The van der Waals surface area contributed by atoms with Crippen LogP contribution in [0, 0.1) is 0 Å². The lowest BCUT2D eigenvalue weighted by Gasteiger charge is -2.16. The Morgan fingerprint density at radius 1 is 1.00 bits per heavy atom. The lowest BCUT2D eigenvalue weighted by Crippen LogP contribution is -2.26. The highest BCUT2D eigenvalue weighted by Gasteiger charge is 2.13. The maximum atomic E-state index is 12.2. The van der Waals surface area contributed by atoms with Crippen LogP contribution in [0.15, 0.2) is 67.0 Å². The van der Waals surface area contributed by atoms with Crippen molar-refractivity contribution in [3.05, 3.63) is 78.1 Å². The first kappa shape index (κ1) is 13.3. The quantitative estimate of drug-likeness (QED) is 0.792. The zero-order valence-electron chi connectivity index (χ0n) is 11.8. The van der Waals surface area contributed by atoms with Crippen molar-refractivity contribution in [2.45, 2.75) is 13.0 Å². The standard InChI is InChI=1S/C18H16N2O/c1-13(20-18(21)15-9-11-19-12-10-15)16-8-4-6-14-5-2-3-7-17(14)16/h2-13H,1H3,(H,20,21). The van der Waals surface area contributed by atoms with Crippen LogP contribution in [-0.2, 0) is 0 Å². The van der Waals surface area contributed by atoms with Crippen LogP contribution in [0.2, 0.25) is 0 Å². The smallest absolute Gasteiger partial charge is 0.251 e. The maximum Gasteiger partial charge on any atom is 0.251 e. The third-order valence-corrected chi connectivity index (χ3v) is 3.58. The highest BCUT2D eigenvalue weighted by molar-refractivity contribution is 5.95. The number of benzene rings is 2. The van der Waals surface area contributed by atoms with Gasteiger partial charge < -0.3 is 5.32 Å². The second kappa shape index (κ2) is 5.75. The topological polar surface area (TPSA) is 42.0 Å². The minimum atomic E-state index is -0.0853. The first-order chi connectivity index (χ1) is 10.3. The fourth-order valence-corrected chi connectivity index (χ4v) is 2.49. The van der Waals surface area contributed by atoms with Gasteiger partial charge in [-0.15, -0.1) is 0 Å². The maximum absolute atomic E-state index is 12.2. The van der Waals surface area contributed by atoms with E-state index in [4.69, 9.17) is 0 Å². The Morgan fingerprint density at radius 2 is 1.71 bits per heavy atom. The number of carbonyl (C=O) groups excluding carboxylic acids is 1. The fraction of sp³-hybridized carbons (Fsp3) is 0.111. The molecule has 0 aliphatic carbocycles. The van der Waals surface area contributed by atoms with Crippen LogP contribution >= 0.6 is 0 Å². The highest BCUT2D eigenvalue weighted by Crippen LogP contribution is 2.24. The van der Waals surface area contributed by atoms with Crippen molar-refractivity contribution < 1.29 is 4.79 Å². The molecule has 1 aromatic heterocycles. The van der Waals surface area contributed by atoms with E-state index in [1.54, 1.807) is 24.5 Å². The SMILES string of the molecule is CC(NC(=O)c1ccncc1)c1cccc2ccccc12. The van der Waals surface area contributed by atoms with Gasteiger partial charge in [0.1, 0.15) is 0 Å². The number of pyridine rings is 1. The summed E-state index contributed by atoms with van der Waals surface area (Å²) in [5.74, 6) is -0.0853. The molecule has 1 amide bonds. The van der Waals surface area contributed by atoms with Crippen LogP contribution < -0.4 is 5.32 Å². The van der Waals surface area contributed by atoms with Gasteiger partial charge in [-0.25, -0.2) is 0 Å². The molecule has 3 rings (SSSR count). The molecule has 1 unspecified atom stereocenters. The van der Waals surface area contributed by atoms with Crippen molar-refractivity contribution in [1.82, 2.24) is 10.3 Å². The second-order valence-electron chi connectivity index (χ2n) is 5.00. The molecule has 0 spiro atoms. The summed E-state index contributed by atoms with van der Waals surface area (Å²) >= 11 is 0.